The van der Waals surface area contributed by atoms with Gasteiger partial charge < -0.3 is 61.2 Å². The summed E-state index contributed by atoms with van der Waals surface area (Å²) in [6.07, 6.45) is 27.0. The molecule has 0 unspecified atom stereocenters. The summed E-state index contributed by atoms with van der Waals surface area (Å²) in [6, 6.07) is 0. The zero-order chi connectivity index (χ0) is 59.0. The van der Waals surface area contributed by atoms with Gasteiger partial charge in [0.1, 0.15) is 12.3 Å². The maximum absolute atomic E-state index is 13.1. The molecule has 4 aliphatic heterocycles. The van der Waals surface area contributed by atoms with E-state index in [1.165, 1.54) is 0 Å². The third-order valence-electron chi connectivity index (χ3n) is 15.2. The molecule has 0 spiro atoms. The Morgan fingerprint density at radius 3 is 1.49 bits per heavy atom. The van der Waals surface area contributed by atoms with Crippen LogP contribution < -0.4 is 0 Å². The van der Waals surface area contributed by atoms with Crippen molar-refractivity contribution in [2.24, 2.45) is 17.8 Å². The monoisotopic (exact) mass is 1150 g/mol. The van der Waals surface area contributed by atoms with Crippen molar-refractivity contribution >= 4 is 21.9 Å². The Morgan fingerprint density at radius 2 is 1.05 bits per heavy atom. The van der Waals surface area contributed by atoms with E-state index in [4.69, 9.17) is 61.2 Å². The molecule has 0 aromatic heterocycles. The van der Waals surface area contributed by atoms with Crippen molar-refractivity contribution in [3.05, 3.63) is 72.9 Å². The third kappa shape index (κ3) is 24.2. The van der Waals surface area contributed by atoms with Crippen molar-refractivity contribution < 1.29 is 70.6 Å². The number of allylic oxidation sites excluding steroid dienone is 8. The number of esters is 1. The maximum atomic E-state index is 13.1. The topological polar surface area (TPSA) is 165 Å². The van der Waals surface area contributed by atoms with Gasteiger partial charge in [0.15, 0.2) is 31.5 Å². The molecule has 79 heavy (non-hydrogen) atoms. The Balaban J connectivity index is 1.41. The van der Waals surface area contributed by atoms with Crippen LogP contribution in [0.25, 0.3) is 0 Å². The number of rotatable bonds is 28. The molecule has 0 radical (unpaired) electrons. The van der Waals surface area contributed by atoms with Crippen LogP contribution in [-0.2, 0) is 65.5 Å². The SMILES string of the molecule is CCOP(=O)(CC(=O)O[C@@H](C(C)C)[C@@H](C)/C=C/[C@H]1C[C@@H](C[C@H]2C[C@H](C[C@H]3C[C@H](C[C@@H]4C[C@H]([C@@H](C)[C@H](C/C=C/C=C/C=C/C=C/C=C/CO)O[Si](C)(C)C(C)(C)C)OC(C)(C)O4)OC(C)(C)O3)OC(C)(C)O2)OC(C)(C)O1)OCC. The van der Waals surface area contributed by atoms with E-state index in [1.54, 1.807) is 19.9 Å². The molecule has 4 saturated heterocycles. The molecule has 0 saturated carbocycles. The van der Waals surface area contributed by atoms with Crippen LogP contribution in [0.4, 0.5) is 0 Å². The van der Waals surface area contributed by atoms with Crippen molar-refractivity contribution in [1.29, 1.82) is 0 Å². The lowest BCUT2D eigenvalue weighted by molar-refractivity contribution is -0.340. The molecular formula is C62H107O15PSi. The molecule has 4 heterocycles. The van der Waals surface area contributed by atoms with Crippen molar-refractivity contribution in [3.8, 4) is 0 Å². The first-order valence-electron chi connectivity index (χ1n) is 29.5. The first-order valence-corrected chi connectivity index (χ1v) is 34.1. The second-order valence-electron chi connectivity index (χ2n) is 25.8. The highest BCUT2D eigenvalue weighted by molar-refractivity contribution is 7.54. The first-order chi connectivity index (χ1) is 36.7. The molecule has 17 heteroatoms. The fraction of sp³-hybridized carbons (Fsp3) is 0.790. The quantitative estimate of drug-likeness (QED) is 0.0258. The highest BCUT2D eigenvalue weighted by Crippen LogP contribution is 2.48. The molecule has 12 atom stereocenters. The number of hydrogen-bond acceptors (Lipinski definition) is 15. The van der Waals surface area contributed by atoms with Crippen molar-refractivity contribution in [1.82, 2.24) is 0 Å². The summed E-state index contributed by atoms with van der Waals surface area (Å²) in [4.78, 5) is 13.1. The highest BCUT2D eigenvalue weighted by atomic mass is 31.2. The lowest BCUT2D eigenvalue weighted by Crippen LogP contribution is -2.53. The van der Waals surface area contributed by atoms with Crippen molar-refractivity contribution in [2.75, 3.05) is 26.0 Å². The van der Waals surface area contributed by atoms with E-state index in [9.17, 15) is 9.36 Å². The molecule has 0 bridgehead atoms. The predicted octanol–water partition coefficient (Wildman–Crippen LogP) is 14.0. The minimum Gasteiger partial charge on any atom is -0.461 e. The lowest BCUT2D eigenvalue weighted by Gasteiger charge is -2.48. The van der Waals surface area contributed by atoms with Crippen LogP contribution >= 0.6 is 7.60 Å². The van der Waals surface area contributed by atoms with E-state index in [0.717, 1.165) is 6.42 Å². The Kier molecular flexibility index (Phi) is 26.9. The van der Waals surface area contributed by atoms with E-state index in [1.807, 2.05) is 131 Å². The maximum Gasteiger partial charge on any atom is 0.341 e. The summed E-state index contributed by atoms with van der Waals surface area (Å²) in [6.45, 7) is 39.4. The minimum absolute atomic E-state index is 0.00696. The molecule has 4 fully saturated rings. The molecular weight excluding hydrogens is 1040 g/mol. The number of carbonyl (C=O) groups is 1. The van der Waals surface area contributed by atoms with Gasteiger partial charge in [0.25, 0.3) is 0 Å². The van der Waals surface area contributed by atoms with Gasteiger partial charge in [-0.1, -0.05) is 121 Å². The van der Waals surface area contributed by atoms with E-state index >= 15 is 0 Å². The van der Waals surface area contributed by atoms with Crippen LogP contribution in [-0.4, -0.2) is 130 Å². The van der Waals surface area contributed by atoms with Gasteiger partial charge in [-0.3, -0.25) is 9.36 Å². The van der Waals surface area contributed by atoms with Gasteiger partial charge in [-0.15, -0.1) is 0 Å². The molecule has 0 aromatic carbocycles. The molecule has 4 rings (SSSR count). The Hall–Kier alpha value is -2.12. The standard InChI is InChI=1S/C62H107O15PSi/c1-20-66-78(65,67-21-2)43-56(64)68-57(44(3)4)45(5)33-34-47-36-48(70-59(10,11)69-47)37-49-38-50(72-60(12,13)71-49)39-51-40-52(74-61(14,15)73-51)41-53-42-55(76-62(16,17)75-53)46(6)54(77-79(18,19)58(7,8)9)32-30-28-26-24-22-23-25-27-29-31-35-63/h22-31,33-34,44-55,57,63H,20-21,32,35-43H2,1-19H3/b23-22+,26-24+,27-25+,30-28+,31-29+,34-33+/t45-,46-,47-,48-,49-,50+,51-,52+,53+,54-,55+,57-/m0/s1. The average Bonchev–Trinajstić information content (AvgIpc) is 3.33. The first kappa shape index (κ1) is 69.4. The van der Waals surface area contributed by atoms with E-state index in [0.29, 0.717) is 44.9 Å². The average molecular weight is 1150 g/mol. The Labute approximate surface area is 478 Å². The second-order valence-corrected chi connectivity index (χ2v) is 32.6. The minimum atomic E-state index is -3.60. The Bertz CT molecular complexity index is 2080. The van der Waals surface area contributed by atoms with Gasteiger partial charge in [-0.2, -0.15) is 0 Å². The second kappa shape index (κ2) is 30.6. The van der Waals surface area contributed by atoms with Gasteiger partial charge in [-0.25, -0.2) is 0 Å². The third-order valence-corrected chi connectivity index (χ3v) is 21.6. The molecule has 0 amide bonds. The number of aliphatic hydroxyl groups excluding tert-OH is 1. The summed E-state index contributed by atoms with van der Waals surface area (Å²) in [5.41, 5.74) is 0. The predicted molar refractivity (Wildman–Crippen MR) is 315 cm³/mol. The zero-order valence-electron chi connectivity index (χ0n) is 52.0. The molecule has 0 aromatic rings. The van der Waals surface area contributed by atoms with E-state index in [2.05, 4.69) is 52.9 Å². The smallest absolute Gasteiger partial charge is 0.341 e. The molecule has 1 N–H and O–H groups in total. The van der Waals surface area contributed by atoms with Gasteiger partial charge in [0.2, 0.25) is 0 Å². The van der Waals surface area contributed by atoms with Crippen molar-refractivity contribution in [3.63, 3.8) is 0 Å². The lowest BCUT2D eigenvalue weighted by atomic mass is 9.88. The molecule has 0 aliphatic carbocycles. The Morgan fingerprint density at radius 1 is 0.633 bits per heavy atom. The van der Waals surface area contributed by atoms with Gasteiger partial charge in [0.05, 0.1) is 74.8 Å². The number of hydrogen-bond donors (Lipinski definition) is 1. The zero-order valence-corrected chi connectivity index (χ0v) is 53.9. The summed E-state index contributed by atoms with van der Waals surface area (Å²) in [7, 11) is -5.75. The summed E-state index contributed by atoms with van der Waals surface area (Å²) >= 11 is 0. The molecule has 15 nitrogen and oxygen atoms in total. The summed E-state index contributed by atoms with van der Waals surface area (Å²) in [5, 5.41) is 8.96. The molecule has 4 aliphatic rings. The fourth-order valence-electron chi connectivity index (χ4n) is 11.0. The van der Waals surface area contributed by atoms with Crippen LogP contribution in [0, 0.1) is 17.8 Å². The number of ether oxygens (including phenoxy) is 9. The van der Waals surface area contributed by atoms with Crippen LogP contribution in [0.5, 0.6) is 0 Å². The van der Waals surface area contributed by atoms with Crippen LogP contribution in [0.1, 0.15) is 169 Å². The number of carbonyl (C=O) groups excluding carboxylic acids is 1. The summed E-state index contributed by atoms with van der Waals surface area (Å²) < 4.78 is 90.0. The summed E-state index contributed by atoms with van der Waals surface area (Å²) in [5.74, 6) is -4.00. The van der Waals surface area contributed by atoms with Gasteiger partial charge >= 0.3 is 13.6 Å². The van der Waals surface area contributed by atoms with Gasteiger partial charge in [0, 0.05) is 56.8 Å². The van der Waals surface area contributed by atoms with E-state index in [-0.39, 0.29) is 97.5 Å². The van der Waals surface area contributed by atoms with Crippen LogP contribution in [0.15, 0.2) is 72.9 Å². The van der Waals surface area contributed by atoms with E-state index < -0.39 is 57.3 Å². The van der Waals surface area contributed by atoms with Gasteiger partial charge in [-0.05, 0) is 99.7 Å². The normalized spacial score (nSPS) is 29.6. The fourth-order valence-corrected chi connectivity index (χ4v) is 13.9. The molecule has 454 valence electrons. The largest absolute Gasteiger partial charge is 0.461 e. The van der Waals surface area contributed by atoms with Crippen LogP contribution in [0.2, 0.25) is 18.1 Å². The highest BCUT2D eigenvalue weighted by Gasteiger charge is 2.47. The van der Waals surface area contributed by atoms with Crippen LogP contribution in [0.3, 0.4) is 0 Å². The number of aliphatic hydroxyl groups is 1. The van der Waals surface area contributed by atoms with Crippen molar-refractivity contribution in [2.45, 2.75) is 271 Å².